The molecule has 0 fully saturated rings. The number of nitrogens with one attached hydrogen (secondary N) is 2. The van der Waals surface area contributed by atoms with E-state index in [4.69, 9.17) is 4.98 Å². The molecule has 0 amide bonds. The van der Waals surface area contributed by atoms with Crippen LogP contribution in [0.3, 0.4) is 0 Å². The van der Waals surface area contributed by atoms with E-state index in [9.17, 15) is 4.39 Å². The number of hydrogen-bond donors (Lipinski definition) is 2. The predicted octanol–water partition coefficient (Wildman–Crippen LogP) is 4.16. The fourth-order valence-corrected chi connectivity index (χ4v) is 3.61. The standard InChI is InChI=1S/C22H13FN8/c23-17-4-2-1-3-14(17)16-9-24-10-18-19(16)29-22(28-18)20-15-5-12(8-27-21(15)31-30-20)13-6-25-11-26-7-13/h1-11H,(H,28,29)(H,27,30,31). The molecule has 6 aromatic rings. The molecule has 5 heterocycles. The number of H-pyrrole nitrogens is 2. The number of hydrogen-bond acceptors (Lipinski definition) is 6. The quantitative estimate of drug-likeness (QED) is 0.455. The summed E-state index contributed by atoms with van der Waals surface area (Å²) in [5, 5.41) is 8.14. The van der Waals surface area contributed by atoms with Crippen LogP contribution in [0, 0.1) is 5.82 Å². The van der Waals surface area contributed by atoms with Crippen LogP contribution in [0.15, 0.2) is 67.6 Å². The van der Waals surface area contributed by atoms with Crippen LogP contribution in [0.5, 0.6) is 0 Å². The molecule has 148 valence electrons. The van der Waals surface area contributed by atoms with Gasteiger partial charge in [0.05, 0.1) is 17.1 Å². The molecule has 5 aromatic heterocycles. The molecule has 0 aliphatic rings. The Labute approximate surface area is 174 Å². The summed E-state index contributed by atoms with van der Waals surface area (Å²) in [5.74, 6) is 0.209. The molecule has 0 aliphatic carbocycles. The van der Waals surface area contributed by atoms with Crippen LogP contribution in [0.1, 0.15) is 0 Å². The largest absolute Gasteiger partial charge is 0.335 e. The second-order valence-corrected chi connectivity index (χ2v) is 6.97. The van der Waals surface area contributed by atoms with Crippen molar-refractivity contribution in [2.45, 2.75) is 0 Å². The van der Waals surface area contributed by atoms with Gasteiger partial charge in [-0.2, -0.15) is 5.10 Å². The van der Waals surface area contributed by atoms with Crippen LogP contribution >= 0.6 is 0 Å². The monoisotopic (exact) mass is 408 g/mol. The fourth-order valence-electron chi connectivity index (χ4n) is 3.61. The van der Waals surface area contributed by atoms with Gasteiger partial charge >= 0.3 is 0 Å². The number of rotatable bonds is 3. The van der Waals surface area contributed by atoms with Crippen molar-refractivity contribution in [2.24, 2.45) is 0 Å². The van der Waals surface area contributed by atoms with E-state index in [0.717, 1.165) is 16.5 Å². The summed E-state index contributed by atoms with van der Waals surface area (Å²) in [4.78, 5) is 24.8. The zero-order valence-corrected chi connectivity index (χ0v) is 15.9. The van der Waals surface area contributed by atoms with E-state index in [-0.39, 0.29) is 5.82 Å². The van der Waals surface area contributed by atoms with E-state index >= 15 is 0 Å². The highest BCUT2D eigenvalue weighted by molar-refractivity contribution is 5.96. The summed E-state index contributed by atoms with van der Waals surface area (Å²) >= 11 is 0. The molecule has 0 spiro atoms. The molecular weight excluding hydrogens is 395 g/mol. The Bertz CT molecular complexity index is 1550. The van der Waals surface area contributed by atoms with Gasteiger partial charge in [-0.1, -0.05) is 18.2 Å². The predicted molar refractivity (Wildman–Crippen MR) is 113 cm³/mol. The Hall–Kier alpha value is -4.53. The van der Waals surface area contributed by atoms with Gasteiger partial charge in [0.2, 0.25) is 0 Å². The molecule has 8 nitrogen and oxygen atoms in total. The molecular formula is C22H13FN8. The molecule has 1 aromatic carbocycles. The molecule has 2 N–H and O–H groups in total. The molecule has 0 saturated heterocycles. The Morgan fingerprint density at radius 3 is 2.58 bits per heavy atom. The Kier molecular flexibility index (Phi) is 3.79. The van der Waals surface area contributed by atoms with Crippen molar-refractivity contribution >= 4 is 22.1 Å². The molecule has 0 aliphatic heterocycles. The van der Waals surface area contributed by atoms with Gasteiger partial charge in [-0.3, -0.25) is 10.1 Å². The van der Waals surface area contributed by atoms with Gasteiger partial charge in [0.25, 0.3) is 0 Å². The summed E-state index contributed by atoms with van der Waals surface area (Å²) in [6.07, 6.45) is 9.95. The maximum absolute atomic E-state index is 14.4. The van der Waals surface area contributed by atoms with Crippen molar-refractivity contribution in [1.29, 1.82) is 0 Å². The van der Waals surface area contributed by atoms with E-state index in [1.54, 1.807) is 49.2 Å². The Morgan fingerprint density at radius 2 is 1.71 bits per heavy atom. The van der Waals surface area contributed by atoms with Crippen LogP contribution in [-0.4, -0.2) is 40.1 Å². The summed E-state index contributed by atoms with van der Waals surface area (Å²) in [7, 11) is 0. The third-order valence-electron chi connectivity index (χ3n) is 5.09. The van der Waals surface area contributed by atoms with Gasteiger partial charge in [0.15, 0.2) is 11.5 Å². The number of aromatic nitrogens is 8. The smallest absolute Gasteiger partial charge is 0.159 e. The van der Waals surface area contributed by atoms with E-state index in [0.29, 0.717) is 39.3 Å². The fraction of sp³-hybridized carbons (Fsp3) is 0. The van der Waals surface area contributed by atoms with Gasteiger partial charge in [-0.25, -0.2) is 24.3 Å². The topological polar surface area (TPSA) is 109 Å². The molecule has 0 atom stereocenters. The van der Waals surface area contributed by atoms with Crippen LogP contribution in [0.2, 0.25) is 0 Å². The van der Waals surface area contributed by atoms with Gasteiger partial charge in [0.1, 0.15) is 23.4 Å². The Balaban J connectivity index is 1.53. The lowest BCUT2D eigenvalue weighted by molar-refractivity contribution is 0.631. The summed E-state index contributed by atoms with van der Waals surface area (Å²) in [6.45, 7) is 0. The highest BCUT2D eigenvalue weighted by atomic mass is 19.1. The first-order valence-corrected chi connectivity index (χ1v) is 9.46. The molecule has 0 unspecified atom stereocenters. The maximum atomic E-state index is 14.4. The second kappa shape index (κ2) is 6.77. The van der Waals surface area contributed by atoms with Crippen molar-refractivity contribution in [2.75, 3.05) is 0 Å². The van der Waals surface area contributed by atoms with Crippen LogP contribution in [0.25, 0.3) is 55.8 Å². The van der Waals surface area contributed by atoms with Crippen molar-refractivity contribution in [3.8, 4) is 33.8 Å². The first-order chi connectivity index (χ1) is 15.3. The number of fused-ring (bicyclic) bond motifs is 2. The first kappa shape index (κ1) is 17.3. The number of benzene rings is 1. The molecule has 31 heavy (non-hydrogen) atoms. The van der Waals surface area contributed by atoms with Crippen molar-refractivity contribution in [3.63, 3.8) is 0 Å². The van der Waals surface area contributed by atoms with E-state index in [1.165, 1.54) is 12.4 Å². The van der Waals surface area contributed by atoms with E-state index in [2.05, 4.69) is 35.1 Å². The molecule has 0 radical (unpaired) electrons. The third kappa shape index (κ3) is 2.83. The minimum absolute atomic E-state index is 0.328. The first-order valence-electron chi connectivity index (χ1n) is 9.46. The van der Waals surface area contributed by atoms with E-state index in [1.807, 2.05) is 6.07 Å². The van der Waals surface area contributed by atoms with Gasteiger partial charge < -0.3 is 4.98 Å². The molecule has 9 heteroatoms. The number of aromatic amines is 2. The van der Waals surface area contributed by atoms with Crippen LogP contribution in [-0.2, 0) is 0 Å². The SMILES string of the molecule is Fc1ccccc1-c1cncc2[nH]c(-c3n[nH]c4ncc(-c5cncnc5)cc34)nc12. The number of halogens is 1. The maximum Gasteiger partial charge on any atom is 0.159 e. The minimum Gasteiger partial charge on any atom is -0.335 e. The Morgan fingerprint density at radius 1 is 0.839 bits per heavy atom. The van der Waals surface area contributed by atoms with Gasteiger partial charge in [-0.05, 0) is 12.1 Å². The minimum atomic E-state index is -0.328. The molecule has 6 rings (SSSR count). The average molecular weight is 408 g/mol. The molecule has 0 bridgehead atoms. The van der Waals surface area contributed by atoms with E-state index < -0.39 is 0 Å². The highest BCUT2D eigenvalue weighted by Gasteiger charge is 2.17. The number of pyridine rings is 2. The van der Waals surface area contributed by atoms with Crippen molar-refractivity contribution < 1.29 is 4.39 Å². The number of nitrogens with zero attached hydrogens (tertiary/aromatic N) is 6. The zero-order valence-electron chi connectivity index (χ0n) is 15.9. The molecule has 0 saturated carbocycles. The highest BCUT2D eigenvalue weighted by Crippen LogP contribution is 2.32. The second-order valence-electron chi connectivity index (χ2n) is 6.97. The lowest BCUT2D eigenvalue weighted by atomic mass is 10.1. The van der Waals surface area contributed by atoms with Crippen molar-refractivity contribution in [1.82, 2.24) is 40.1 Å². The summed E-state index contributed by atoms with van der Waals surface area (Å²) in [6, 6.07) is 8.53. The number of imidazole rings is 1. The zero-order chi connectivity index (χ0) is 20.8. The average Bonchev–Trinajstić information content (AvgIpc) is 3.43. The van der Waals surface area contributed by atoms with Crippen LogP contribution < -0.4 is 0 Å². The van der Waals surface area contributed by atoms with Gasteiger partial charge in [0, 0.05) is 47.0 Å². The van der Waals surface area contributed by atoms with Gasteiger partial charge in [-0.15, -0.1) is 0 Å². The normalized spacial score (nSPS) is 11.4. The van der Waals surface area contributed by atoms with Crippen molar-refractivity contribution in [3.05, 3.63) is 73.5 Å². The lowest BCUT2D eigenvalue weighted by Crippen LogP contribution is -1.87. The summed E-state index contributed by atoms with van der Waals surface area (Å²) in [5.41, 5.74) is 5.30. The third-order valence-corrected chi connectivity index (χ3v) is 5.09. The summed E-state index contributed by atoms with van der Waals surface area (Å²) < 4.78 is 14.4. The lowest BCUT2D eigenvalue weighted by Gasteiger charge is -2.03. The van der Waals surface area contributed by atoms with Crippen LogP contribution in [0.4, 0.5) is 4.39 Å².